The van der Waals surface area contributed by atoms with Crippen LogP contribution in [0.3, 0.4) is 0 Å². The lowest BCUT2D eigenvalue weighted by atomic mass is 10.1. The molecule has 0 fully saturated rings. The molecule has 0 saturated heterocycles. The van der Waals surface area contributed by atoms with Gasteiger partial charge in [-0.25, -0.2) is 0 Å². The number of halogens is 1. The van der Waals surface area contributed by atoms with E-state index in [0.29, 0.717) is 0 Å². The van der Waals surface area contributed by atoms with Gasteiger partial charge >= 0.3 is 0 Å². The molecule has 0 radical (unpaired) electrons. The first kappa shape index (κ1) is 9.93. The Labute approximate surface area is 94.1 Å². The Morgan fingerprint density at radius 3 is 2.57 bits per heavy atom. The highest BCUT2D eigenvalue weighted by Gasteiger charge is 2.09. The van der Waals surface area contributed by atoms with E-state index in [1.54, 1.807) is 0 Å². The maximum atomic E-state index is 3.84. The van der Waals surface area contributed by atoms with Crippen molar-refractivity contribution >= 4 is 38.7 Å². The van der Waals surface area contributed by atoms with E-state index in [2.05, 4.69) is 64.7 Å². The molecule has 2 rings (SSSR count). The highest BCUT2D eigenvalue weighted by atomic mass is 79.9. The zero-order valence-electron chi connectivity index (χ0n) is 8.20. The molecule has 2 aromatic rings. The predicted octanol–water partition coefficient (Wildman–Crippen LogP) is 3.19. The first-order chi connectivity index (χ1) is 6.83. The topological polar surface area (TPSA) is 0 Å². The Bertz CT molecular complexity index is 434. The van der Waals surface area contributed by atoms with Crippen molar-refractivity contribution in [2.24, 2.45) is 0 Å². The summed E-state index contributed by atoms with van der Waals surface area (Å²) in [7, 11) is -0.877. The van der Waals surface area contributed by atoms with E-state index in [9.17, 15) is 0 Å². The maximum absolute atomic E-state index is 3.84. The van der Waals surface area contributed by atoms with Crippen LogP contribution in [-0.4, -0.2) is 7.42 Å². The van der Waals surface area contributed by atoms with Gasteiger partial charge in [-0.2, -0.15) is 0 Å². The van der Waals surface area contributed by atoms with E-state index in [4.69, 9.17) is 0 Å². The highest BCUT2D eigenvalue weighted by Crippen LogP contribution is 2.14. The Hall–Kier alpha value is -0.603. The molecule has 0 aliphatic rings. The monoisotopic (exact) mass is 264 g/mol. The molecule has 0 spiro atoms. The molecule has 2 heteroatoms. The second-order valence-corrected chi connectivity index (χ2v) is 9.13. The summed E-state index contributed by atoms with van der Waals surface area (Å²) in [4.78, 5) is 0. The van der Waals surface area contributed by atoms with Crippen molar-refractivity contribution in [3.05, 3.63) is 42.5 Å². The van der Waals surface area contributed by atoms with Gasteiger partial charge in [0.05, 0.1) is 0 Å². The minimum Gasteiger partial charge on any atom is -0.125 e. The van der Waals surface area contributed by atoms with Crippen molar-refractivity contribution in [3.8, 4) is 0 Å². The van der Waals surface area contributed by atoms with Crippen molar-refractivity contribution in [2.45, 2.75) is 13.0 Å². The van der Waals surface area contributed by atoms with Crippen LogP contribution < -0.4 is 5.19 Å². The Balaban J connectivity index is 2.65. The van der Waals surface area contributed by atoms with E-state index in [-0.39, 0.29) is 0 Å². The van der Waals surface area contributed by atoms with Crippen LogP contribution in [0, 0.1) is 0 Å². The SMILES string of the molecule is CC[SiH](Br)c1cccc2ccccc12. The van der Waals surface area contributed by atoms with Crippen molar-refractivity contribution in [1.29, 1.82) is 0 Å². The molecule has 0 aromatic heterocycles. The summed E-state index contributed by atoms with van der Waals surface area (Å²) >= 11 is 3.84. The molecule has 1 unspecified atom stereocenters. The number of benzene rings is 2. The minimum atomic E-state index is -0.877. The molecule has 1 atom stereocenters. The molecular formula is C12H13BrSi. The molecule has 0 nitrogen and oxygen atoms in total. The smallest absolute Gasteiger partial charge is 0.125 e. The summed E-state index contributed by atoms with van der Waals surface area (Å²) in [6, 6.07) is 16.5. The maximum Gasteiger partial charge on any atom is 0.145 e. The summed E-state index contributed by atoms with van der Waals surface area (Å²) < 4.78 is 0. The quantitative estimate of drug-likeness (QED) is 0.578. The molecule has 0 amide bonds. The molecule has 0 heterocycles. The van der Waals surface area contributed by atoms with Crippen LogP contribution in [0.1, 0.15) is 6.92 Å². The summed E-state index contributed by atoms with van der Waals surface area (Å²) in [5.41, 5.74) is 0. The third-order valence-corrected chi connectivity index (χ3v) is 7.84. The summed E-state index contributed by atoms with van der Waals surface area (Å²) in [5.74, 6) is 0. The van der Waals surface area contributed by atoms with Gasteiger partial charge in [0.2, 0.25) is 0 Å². The lowest BCUT2D eigenvalue weighted by molar-refractivity contribution is 1.46. The number of fused-ring (bicyclic) bond motifs is 1. The first-order valence-electron chi connectivity index (χ1n) is 4.94. The van der Waals surface area contributed by atoms with Gasteiger partial charge in [-0.3, -0.25) is 0 Å². The minimum absolute atomic E-state index is 0.877. The molecule has 14 heavy (non-hydrogen) atoms. The summed E-state index contributed by atoms with van der Waals surface area (Å²) in [6.07, 6.45) is 0. The van der Waals surface area contributed by atoms with E-state index < -0.39 is 7.42 Å². The van der Waals surface area contributed by atoms with Crippen LogP contribution in [-0.2, 0) is 0 Å². The zero-order valence-corrected chi connectivity index (χ0v) is 10.9. The summed E-state index contributed by atoms with van der Waals surface area (Å²) in [5, 5.41) is 4.31. The van der Waals surface area contributed by atoms with Gasteiger partial charge in [0.15, 0.2) is 0 Å². The highest BCUT2D eigenvalue weighted by molar-refractivity contribution is 9.25. The predicted molar refractivity (Wildman–Crippen MR) is 70.1 cm³/mol. The third-order valence-electron chi connectivity index (χ3n) is 2.52. The fourth-order valence-corrected chi connectivity index (χ4v) is 4.30. The van der Waals surface area contributed by atoms with Crippen molar-refractivity contribution in [3.63, 3.8) is 0 Å². The molecule has 0 bridgehead atoms. The van der Waals surface area contributed by atoms with Crippen LogP contribution >= 0.6 is 15.3 Å². The zero-order chi connectivity index (χ0) is 9.97. The van der Waals surface area contributed by atoms with Gasteiger partial charge in [-0.15, -0.1) is 15.3 Å². The standard InChI is InChI=1S/C12H13BrSi/c1-2-14(13)12-9-5-7-10-6-3-4-8-11(10)12/h3-9,14H,2H2,1H3. The summed E-state index contributed by atoms with van der Waals surface area (Å²) in [6.45, 7) is 2.26. The fourth-order valence-electron chi connectivity index (χ4n) is 1.74. The average molecular weight is 265 g/mol. The van der Waals surface area contributed by atoms with Gasteiger partial charge in [-0.1, -0.05) is 49.4 Å². The number of hydrogen-bond acceptors (Lipinski definition) is 0. The van der Waals surface area contributed by atoms with Crippen molar-refractivity contribution in [2.75, 3.05) is 0 Å². The van der Waals surface area contributed by atoms with Gasteiger partial charge in [0.1, 0.15) is 7.42 Å². The second-order valence-electron chi connectivity index (χ2n) is 3.44. The van der Waals surface area contributed by atoms with E-state index in [0.717, 1.165) is 0 Å². The van der Waals surface area contributed by atoms with Gasteiger partial charge in [-0.05, 0) is 22.0 Å². The first-order valence-corrected chi connectivity index (χ1v) is 9.52. The number of hydrogen-bond donors (Lipinski definition) is 0. The molecule has 72 valence electrons. The fraction of sp³-hybridized carbons (Fsp3) is 0.167. The molecule has 0 aliphatic carbocycles. The largest absolute Gasteiger partial charge is 0.145 e. The van der Waals surface area contributed by atoms with Crippen LogP contribution in [0.15, 0.2) is 42.5 Å². The lowest BCUT2D eigenvalue weighted by Gasteiger charge is -2.09. The van der Waals surface area contributed by atoms with Crippen LogP contribution in [0.25, 0.3) is 10.8 Å². The van der Waals surface area contributed by atoms with E-state index in [1.807, 2.05) is 0 Å². The van der Waals surface area contributed by atoms with Gasteiger partial charge < -0.3 is 0 Å². The van der Waals surface area contributed by atoms with Crippen LogP contribution in [0.2, 0.25) is 6.04 Å². The van der Waals surface area contributed by atoms with Crippen LogP contribution in [0.5, 0.6) is 0 Å². The van der Waals surface area contributed by atoms with Gasteiger partial charge in [0.25, 0.3) is 0 Å². The lowest BCUT2D eigenvalue weighted by Crippen LogP contribution is -2.22. The molecule has 0 aliphatic heterocycles. The third kappa shape index (κ3) is 1.77. The van der Waals surface area contributed by atoms with Crippen LogP contribution in [0.4, 0.5) is 0 Å². The van der Waals surface area contributed by atoms with Gasteiger partial charge in [0, 0.05) is 0 Å². The molecular weight excluding hydrogens is 252 g/mol. The second kappa shape index (κ2) is 4.28. The molecule has 0 saturated carbocycles. The average Bonchev–Trinajstić information content (AvgIpc) is 2.27. The number of rotatable bonds is 2. The normalized spacial score (nSPS) is 13.0. The van der Waals surface area contributed by atoms with E-state index in [1.165, 1.54) is 22.0 Å². The van der Waals surface area contributed by atoms with Crippen molar-refractivity contribution in [1.82, 2.24) is 0 Å². The Kier molecular flexibility index (Phi) is 3.04. The van der Waals surface area contributed by atoms with Crippen molar-refractivity contribution < 1.29 is 0 Å². The molecule has 0 N–H and O–H groups in total. The molecule has 2 aromatic carbocycles. The Morgan fingerprint density at radius 1 is 1.07 bits per heavy atom. The Morgan fingerprint density at radius 2 is 1.79 bits per heavy atom. The van der Waals surface area contributed by atoms with E-state index >= 15 is 0 Å².